The molecule has 2 aromatic rings. The van der Waals surface area contributed by atoms with Crippen molar-refractivity contribution < 1.29 is 23.5 Å². The van der Waals surface area contributed by atoms with Crippen LogP contribution in [0.15, 0.2) is 48.5 Å². The molecule has 2 aromatic carbocycles. The lowest BCUT2D eigenvalue weighted by Crippen LogP contribution is -2.58. The Morgan fingerprint density at radius 1 is 1.17 bits per heavy atom. The van der Waals surface area contributed by atoms with Crippen molar-refractivity contribution in [2.24, 2.45) is 5.73 Å². The first-order valence-corrected chi connectivity index (χ1v) is 9.56. The van der Waals surface area contributed by atoms with Crippen LogP contribution in [0.2, 0.25) is 5.02 Å². The summed E-state index contributed by atoms with van der Waals surface area (Å²) in [5.74, 6) is -0.591. The zero-order valence-corrected chi connectivity index (χ0v) is 16.5. The number of nitrogens with two attached hydrogens (primary N) is 1. The summed E-state index contributed by atoms with van der Waals surface area (Å²) in [6, 6.07) is 12.6. The van der Waals surface area contributed by atoms with E-state index in [-0.39, 0.29) is 44.3 Å². The van der Waals surface area contributed by atoms with E-state index in [1.807, 2.05) is 0 Å². The Kier molecular flexibility index (Phi) is 6.71. The highest BCUT2D eigenvalue weighted by Gasteiger charge is 2.40. The zero-order chi connectivity index (χ0) is 20.9. The van der Waals surface area contributed by atoms with E-state index in [2.05, 4.69) is 0 Å². The Morgan fingerprint density at radius 2 is 1.86 bits per heavy atom. The predicted molar refractivity (Wildman–Crippen MR) is 106 cm³/mol. The van der Waals surface area contributed by atoms with Crippen molar-refractivity contribution >= 4 is 23.4 Å². The van der Waals surface area contributed by atoms with Gasteiger partial charge in [0.2, 0.25) is 11.8 Å². The maximum Gasteiger partial charge on any atom is 0.227 e. The number of hydrogen-bond donors (Lipinski definition) is 1. The van der Waals surface area contributed by atoms with E-state index in [4.69, 9.17) is 26.8 Å². The average molecular weight is 421 g/mol. The smallest absolute Gasteiger partial charge is 0.227 e. The van der Waals surface area contributed by atoms with Crippen molar-refractivity contribution in [2.75, 3.05) is 26.3 Å². The fourth-order valence-electron chi connectivity index (χ4n) is 3.25. The minimum atomic E-state index is -1.06. The third-order valence-electron chi connectivity index (χ3n) is 4.68. The van der Waals surface area contributed by atoms with Crippen LogP contribution in [0.4, 0.5) is 4.39 Å². The molecule has 0 aromatic heterocycles. The molecule has 0 bridgehead atoms. The highest BCUT2D eigenvalue weighted by Crippen LogP contribution is 2.25. The molecule has 1 saturated heterocycles. The van der Waals surface area contributed by atoms with Crippen LogP contribution < -0.4 is 10.5 Å². The van der Waals surface area contributed by atoms with Crippen molar-refractivity contribution in [2.45, 2.75) is 18.4 Å². The largest absolute Gasteiger partial charge is 0.490 e. The number of halogens is 2. The first-order valence-electron chi connectivity index (χ1n) is 9.18. The maximum atomic E-state index is 13.1. The molecule has 1 aliphatic rings. The molecule has 6 nitrogen and oxygen atoms in total. The monoisotopic (exact) mass is 420 g/mol. The number of hydrogen-bond acceptors (Lipinski definition) is 4. The summed E-state index contributed by atoms with van der Waals surface area (Å²) >= 11 is 5.89. The van der Waals surface area contributed by atoms with Crippen molar-refractivity contribution in [3.05, 3.63) is 64.9 Å². The summed E-state index contributed by atoms with van der Waals surface area (Å²) < 4.78 is 24.6. The van der Waals surface area contributed by atoms with Gasteiger partial charge >= 0.3 is 0 Å². The van der Waals surface area contributed by atoms with Gasteiger partial charge in [-0.25, -0.2) is 4.39 Å². The average Bonchev–Trinajstić information content (AvgIpc) is 2.69. The van der Waals surface area contributed by atoms with Gasteiger partial charge in [0.25, 0.3) is 0 Å². The van der Waals surface area contributed by atoms with Crippen molar-refractivity contribution in [1.82, 2.24) is 4.90 Å². The van der Waals surface area contributed by atoms with Gasteiger partial charge in [0.1, 0.15) is 23.8 Å². The molecule has 3 rings (SSSR count). The van der Waals surface area contributed by atoms with Crippen LogP contribution in [0.1, 0.15) is 12.0 Å². The van der Waals surface area contributed by atoms with Crippen LogP contribution >= 0.6 is 11.6 Å². The normalized spacial score (nSPS) is 19.0. The molecular weight excluding hydrogens is 399 g/mol. The Bertz CT molecular complexity index is 860. The van der Waals surface area contributed by atoms with Gasteiger partial charge in [0.15, 0.2) is 0 Å². The van der Waals surface area contributed by atoms with E-state index in [1.165, 1.54) is 24.3 Å². The summed E-state index contributed by atoms with van der Waals surface area (Å²) in [5, 5.41) is 0.603. The molecule has 2 N–H and O–H groups in total. The lowest BCUT2D eigenvalue weighted by atomic mass is 9.97. The Hall–Kier alpha value is -2.64. The van der Waals surface area contributed by atoms with Gasteiger partial charge in [-0.05, 0) is 42.0 Å². The fourth-order valence-corrected chi connectivity index (χ4v) is 3.38. The summed E-state index contributed by atoms with van der Waals surface area (Å²) in [7, 11) is 0. The standard InChI is InChI=1S/C21H22ClFN2O4/c22-16-3-1-15(2-4-16)11-20(27)25-9-10-29-21(13-25,12-19(24)26)14-28-18-7-5-17(23)6-8-18/h1-8H,9-14H2,(H2,24,26). The molecule has 0 spiro atoms. The summed E-state index contributed by atoms with van der Waals surface area (Å²) in [5.41, 5.74) is 5.20. The molecule has 8 heteroatoms. The molecule has 2 amide bonds. The number of benzene rings is 2. The molecule has 29 heavy (non-hydrogen) atoms. The number of morpholine rings is 1. The minimum absolute atomic E-state index is 0.00625. The number of nitrogens with zero attached hydrogens (tertiary/aromatic N) is 1. The molecule has 1 fully saturated rings. The van der Waals surface area contributed by atoms with Gasteiger partial charge in [-0.2, -0.15) is 0 Å². The summed E-state index contributed by atoms with van der Waals surface area (Å²) in [4.78, 5) is 26.1. The highest BCUT2D eigenvalue weighted by atomic mass is 35.5. The topological polar surface area (TPSA) is 81.9 Å². The van der Waals surface area contributed by atoms with Gasteiger partial charge < -0.3 is 20.1 Å². The Morgan fingerprint density at radius 3 is 2.52 bits per heavy atom. The van der Waals surface area contributed by atoms with Crippen LogP contribution in [-0.4, -0.2) is 48.6 Å². The number of primary amides is 1. The van der Waals surface area contributed by atoms with Crippen molar-refractivity contribution in [1.29, 1.82) is 0 Å². The van der Waals surface area contributed by atoms with Crippen LogP contribution in [0, 0.1) is 5.82 Å². The third kappa shape index (κ3) is 5.92. The van der Waals surface area contributed by atoms with E-state index in [1.54, 1.807) is 29.2 Å². The number of amides is 2. The quantitative estimate of drug-likeness (QED) is 0.746. The molecule has 1 aliphatic heterocycles. The van der Waals surface area contributed by atoms with Gasteiger partial charge in [-0.1, -0.05) is 23.7 Å². The van der Waals surface area contributed by atoms with Gasteiger partial charge in [0.05, 0.1) is 26.0 Å². The van der Waals surface area contributed by atoms with Crippen molar-refractivity contribution in [3.8, 4) is 5.75 Å². The molecule has 0 radical (unpaired) electrons. The number of rotatable bonds is 7. The molecule has 1 heterocycles. The Labute approximate surface area is 173 Å². The van der Waals surface area contributed by atoms with E-state index >= 15 is 0 Å². The van der Waals surface area contributed by atoms with Crippen molar-refractivity contribution in [3.63, 3.8) is 0 Å². The summed E-state index contributed by atoms with van der Waals surface area (Å²) in [6.45, 7) is 0.839. The molecular formula is C21H22ClFN2O4. The molecule has 0 saturated carbocycles. The SMILES string of the molecule is NC(=O)CC1(COc2ccc(F)cc2)CN(C(=O)Cc2ccc(Cl)cc2)CCO1. The molecule has 1 atom stereocenters. The third-order valence-corrected chi connectivity index (χ3v) is 4.93. The first-order chi connectivity index (χ1) is 13.8. The van der Waals surface area contributed by atoms with Gasteiger partial charge in [0, 0.05) is 11.6 Å². The second-order valence-electron chi connectivity index (χ2n) is 7.04. The van der Waals surface area contributed by atoms with Gasteiger partial charge in [-0.3, -0.25) is 9.59 Å². The number of carbonyl (C=O) groups is 2. The lowest BCUT2D eigenvalue weighted by molar-refractivity contribution is -0.161. The van der Waals surface area contributed by atoms with E-state index in [0.717, 1.165) is 5.56 Å². The zero-order valence-electron chi connectivity index (χ0n) is 15.8. The molecule has 1 unspecified atom stereocenters. The van der Waals surface area contributed by atoms with E-state index in [0.29, 0.717) is 17.3 Å². The maximum absolute atomic E-state index is 13.1. The van der Waals surface area contributed by atoms with Gasteiger partial charge in [-0.15, -0.1) is 0 Å². The van der Waals surface area contributed by atoms with E-state index < -0.39 is 11.5 Å². The second-order valence-corrected chi connectivity index (χ2v) is 7.47. The number of carbonyl (C=O) groups excluding carboxylic acids is 2. The van der Waals surface area contributed by atoms with Crippen LogP contribution in [0.3, 0.4) is 0 Å². The predicted octanol–water partition coefficient (Wildman–Crippen LogP) is 2.57. The lowest BCUT2D eigenvalue weighted by Gasteiger charge is -2.42. The Balaban J connectivity index is 1.69. The minimum Gasteiger partial charge on any atom is -0.490 e. The highest BCUT2D eigenvalue weighted by molar-refractivity contribution is 6.30. The second kappa shape index (κ2) is 9.24. The number of ether oxygens (including phenoxy) is 2. The van der Waals surface area contributed by atoms with E-state index in [9.17, 15) is 14.0 Å². The summed E-state index contributed by atoms with van der Waals surface area (Å²) in [6.07, 6.45) is 0.113. The van der Waals surface area contributed by atoms with Crippen LogP contribution in [0.5, 0.6) is 5.75 Å². The first kappa shape index (κ1) is 21.1. The molecule has 0 aliphatic carbocycles. The fraction of sp³-hybridized carbons (Fsp3) is 0.333. The molecule has 154 valence electrons. The van der Waals surface area contributed by atoms with Crippen LogP contribution in [-0.2, 0) is 20.7 Å². The van der Waals surface area contributed by atoms with Crippen LogP contribution in [0.25, 0.3) is 0 Å².